The maximum absolute atomic E-state index is 8.93. The van der Waals surface area contributed by atoms with E-state index in [1.165, 1.54) is 16.7 Å². The molecule has 3 rings (SSSR count). The van der Waals surface area contributed by atoms with E-state index in [0.717, 1.165) is 5.57 Å². The van der Waals surface area contributed by atoms with E-state index >= 15 is 0 Å². The van der Waals surface area contributed by atoms with E-state index in [4.69, 9.17) is 5.26 Å². The van der Waals surface area contributed by atoms with E-state index < -0.39 is 0 Å². The lowest BCUT2D eigenvalue weighted by atomic mass is 9.75. The molecule has 0 spiro atoms. The van der Waals surface area contributed by atoms with Crippen molar-refractivity contribution >= 4 is 0 Å². The smallest absolute Gasteiger partial charge is 0.0991 e. The van der Waals surface area contributed by atoms with Gasteiger partial charge in [-0.15, -0.1) is 0 Å². The van der Waals surface area contributed by atoms with E-state index in [1.54, 1.807) is 0 Å². The monoisotopic (exact) mass is 191 g/mol. The first-order valence-electron chi connectivity index (χ1n) is 4.98. The molecule has 0 radical (unpaired) electrons. The molecule has 0 bridgehead atoms. The largest absolute Gasteiger partial charge is 0.192 e. The average Bonchev–Trinajstić information content (AvgIpc) is 2.29. The van der Waals surface area contributed by atoms with Crippen LogP contribution in [0.2, 0.25) is 0 Å². The van der Waals surface area contributed by atoms with E-state index in [9.17, 15) is 0 Å². The molecule has 0 aliphatic heterocycles. The van der Waals surface area contributed by atoms with Gasteiger partial charge in [0.05, 0.1) is 11.6 Å². The Balaban J connectivity index is 2.22. The Morgan fingerprint density at radius 3 is 2.47 bits per heavy atom. The van der Waals surface area contributed by atoms with Crippen LogP contribution in [0.15, 0.2) is 70.9 Å². The zero-order chi connectivity index (χ0) is 10.3. The van der Waals surface area contributed by atoms with Crippen LogP contribution in [0.3, 0.4) is 0 Å². The van der Waals surface area contributed by atoms with Gasteiger partial charge < -0.3 is 0 Å². The van der Waals surface area contributed by atoms with Crippen molar-refractivity contribution in [3.63, 3.8) is 0 Å². The molecule has 70 valence electrons. The van der Waals surface area contributed by atoms with Gasteiger partial charge in [0.15, 0.2) is 0 Å². The van der Waals surface area contributed by atoms with Gasteiger partial charge in [-0.1, -0.05) is 36.5 Å². The molecule has 0 aromatic rings. The second-order valence-corrected chi connectivity index (χ2v) is 3.84. The van der Waals surface area contributed by atoms with Gasteiger partial charge in [0.1, 0.15) is 0 Å². The number of rotatable bonds is 0. The lowest BCUT2D eigenvalue weighted by Crippen LogP contribution is -2.15. The summed E-state index contributed by atoms with van der Waals surface area (Å²) in [5, 5.41) is 8.93. The first-order valence-corrected chi connectivity index (χ1v) is 4.98. The Hall–Kier alpha value is -2.07. The third-order valence-corrected chi connectivity index (χ3v) is 2.93. The molecule has 1 heteroatoms. The van der Waals surface area contributed by atoms with Crippen LogP contribution in [-0.4, -0.2) is 0 Å². The normalized spacial score (nSPS) is 25.7. The number of allylic oxidation sites excluding steroid dienone is 12. The lowest BCUT2D eigenvalue weighted by Gasteiger charge is -2.28. The summed E-state index contributed by atoms with van der Waals surface area (Å²) in [5.41, 5.74) is 4.51. The molecule has 3 aliphatic rings. The minimum atomic E-state index is 0.358. The molecule has 0 N–H and O–H groups in total. The summed E-state index contributed by atoms with van der Waals surface area (Å²) in [5.74, 6) is 0.358. The molecule has 15 heavy (non-hydrogen) atoms. The van der Waals surface area contributed by atoms with Crippen molar-refractivity contribution in [1.29, 1.82) is 5.26 Å². The average molecular weight is 191 g/mol. The Morgan fingerprint density at radius 2 is 1.67 bits per heavy atom. The summed E-state index contributed by atoms with van der Waals surface area (Å²) in [4.78, 5) is 0. The molecule has 3 aliphatic carbocycles. The van der Waals surface area contributed by atoms with Gasteiger partial charge in [0, 0.05) is 5.92 Å². The molecule has 1 unspecified atom stereocenters. The number of nitrogens with zero attached hydrogens (tertiary/aromatic N) is 1. The standard InChI is InChI=1S/C14H9N/c15-9-10-7-12-5-1-3-11-4-2-6-13(8-10)14(11)12/h1-8,14H. The number of nitriles is 1. The van der Waals surface area contributed by atoms with Crippen LogP contribution in [0.5, 0.6) is 0 Å². The summed E-state index contributed by atoms with van der Waals surface area (Å²) in [6.07, 6.45) is 16.5. The first kappa shape index (κ1) is 8.26. The van der Waals surface area contributed by atoms with Crippen molar-refractivity contribution in [1.82, 2.24) is 0 Å². The minimum absolute atomic E-state index is 0.358. The molecule has 0 aromatic heterocycles. The molecule has 0 fully saturated rings. The van der Waals surface area contributed by atoms with E-state index in [1.807, 2.05) is 24.3 Å². The Labute approximate surface area is 88.7 Å². The van der Waals surface area contributed by atoms with E-state index in [2.05, 4.69) is 30.4 Å². The van der Waals surface area contributed by atoms with Crippen LogP contribution in [0, 0.1) is 17.2 Å². The minimum Gasteiger partial charge on any atom is -0.192 e. The molecule has 0 saturated carbocycles. The fourth-order valence-electron chi connectivity index (χ4n) is 2.29. The summed E-state index contributed by atoms with van der Waals surface area (Å²) in [6.45, 7) is 0. The van der Waals surface area contributed by atoms with Gasteiger partial charge in [-0.25, -0.2) is 0 Å². The zero-order valence-electron chi connectivity index (χ0n) is 8.14. The SMILES string of the molecule is N#CC1=CC2=CC=CC3=CC=CC(=C1)C32. The molecule has 1 nitrogen and oxygen atoms in total. The van der Waals surface area contributed by atoms with Crippen molar-refractivity contribution in [3.05, 3.63) is 70.9 Å². The second kappa shape index (κ2) is 2.96. The van der Waals surface area contributed by atoms with Crippen LogP contribution >= 0.6 is 0 Å². The third-order valence-electron chi connectivity index (χ3n) is 2.93. The summed E-state index contributed by atoms with van der Waals surface area (Å²) in [6, 6.07) is 2.21. The van der Waals surface area contributed by atoms with Crippen molar-refractivity contribution in [2.24, 2.45) is 5.92 Å². The highest BCUT2D eigenvalue weighted by Gasteiger charge is 2.26. The Kier molecular flexibility index (Phi) is 1.63. The maximum atomic E-state index is 8.93. The Bertz CT molecular complexity index is 540. The van der Waals surface area contributed by atoms with E-state index in [0.29, 0.717) is 5.92 Å². The third kappa shape index (κ3) is 1.15. The molecular formula is C14H9N. The molecule has 0 aromatic carbocycles. The molecule has 1 atom stereocenters. The fraction of sp³-hybridized carbons (Fsp3) is 0.0714. The second-order valence-electron chi connectivity index (χ2n) is 3.84. The van der Waals surface area contributed by atoms with Crippen LogP contribution in [0.1, 0.15) is 0 Å². The van der Waals surface area contributed by atoms with Crippen molar-refractivity contribution in [2.45, 2.75) is 0 Å². The summed E-state index contributed by atoms with van der Waals surface area (Å²) >= 11 is 0. The van der Waals surface area contributed by atoms with Crippen LogP contribution < -0.4 is 0 Å². The highest BCUT2D eigenvalue weighted by molar-refractivity contribution is 5.61. The molecule has 0 amide bonds. The topological polar surface area (TPSA) is 23.8 Å². The van der Waals surface area contributed by atoms with Gasteiger partial charge in [-0.2, -0.15) is 5.26 Å². The molecule has 0 saturated heterocycles. The molecule has 0 heterocycles. The van der Waals surface area contributed by atoms with Gasteiger partial charge in [0.2, 0.25) is 0 Å². The fourth-order valence-corrected chi connectivity index (χ4v) is 2.29. The summed E-state index contributed by atoms with van der Waals surface area (Å²) < 4.78 is 0. The highest BCUT2D eigenvalue weighted by Crippen LogP contribution is 2.39. The zero-order valence-corrected chi connectivity index (χ0v) is 8.14. The summed E-state index contributed by atoms with van der Waals surface area (Å²) in [7, 11) is 0. The van der Waals surface area contributed by atoms with Crippen LogP contribution in [0.4, 0.5) is 0 Å². The predicted octanol–water partition coefficient (Wildman–Crippen LogP) is 2.98. The van der Waals surface area contributed by atoms with Crippen LogP contribution in [-0.2, 0) is 0 Å². The molecular weight excluding hydrogens is 182 g/mol. The van der Waals surface area contributed by atoms with E-state index in [-0.39, 0.29) is 0 Å². The van der Waals surface area contributed by atoms with Gasteiger partial charge in [-0.3, -0.25) is 0 Å². The number of hydrogen-bond acceptors (Lipinski definition) is 1. The first-order chi connectivity index (χ1) is 7.38. The Morgan fingerprint density at radius 1 is 0.933 bits per heavy atom. The quantitative estimate of drug-likeness (QED) is 0.577. The van der Waals surface area contributed by atoms with Gasteiger partial charge in [0.25, 0.3) is 0 Å². The lowest BCUT2D eigenvalue weighted by molar-refractivity contribution is 0.874. The number of hydrogen-bond donors (Lipinski definition) is 0. The van der Waals surface area contributed by atoms with Gasteiger partial charge in [-0.05, 0) is 28.9 Å². The van der Waals surface area contributed by atoms with Crippen molar-refractivity contribution in [2.75, 3.05) is 0 Å². The predicted molar refractivity (Wildman–Crippen MR) is 59.7 cm³/mol. The highest BCUT2D eigenvalue weighted by atomic mass is 14.3. The van der Waals surface area contributed by atoms with Crippen molar-refractivity contribution < 1.29 is 0 Å². The van der Waals surface area contributed by atoms with Crippen LogP contribution in [0.25, 0.3) is 0 Å². The maximum Gasteiger partial charge on any atom is 0.0991 e. The van der Waals surface area contributed by atoms with Crippen molar-refractivity contribution in [3.8, 4) is 6.07 Å². The van der Waals surface area contributed by atoms with Gasteiger partial charge >= 0.3 is 0 Å².